The van der Waals surface area contributed by atoms with E-state index in [0.717, 1.165) is 28.5 Å². The molecular weight excluding hydrogens is 346 g/mol. The van der Waals surface area contributed by atoms with Crippen LogP contribution >= 0.6 is 11.8 Å². The van der Waals surface area contributed by atoms with Gasteiger partial charge in [-0.1, -0.05) is 42.1 Å². The van der Waals surface area contributed by atoms with E-state index in [-0.39, 0.29) is 11.7 Å². The topological polar surface area (TPSA) is 59.2 Å². The van der Waals surface area contributed by atoms with Crippen LogP contribution in [0.15, 0.2) is 58.1 Å². The van der Waals surface area contributed by atoms with Crippen LogP contribution in [0.5, 0.6) is 0 Å². The SMILES string of the molecule is Cc1cc(-c2ccccc2)nc(SCC(=O)N(C)Cc2ccc(C)o2)n1. The molecule has 0 saturated heterocycles. The molecule has 6 heteroatoms. The first-order valence-corrected chi connectivity index (χ1v) is 9.33. The number of nitrogens with zero attached hydrogens (tertiary/aromatic N) is 3. The number of amides is 1. The van der Waals surface area contributed by atoms with Crippen LogP contribution in [0.2, 0.25) is 0 Å². The number of carbonyl (C=O) groups excluding carboxylic acids is 1. The molecule has 3 aromatic rings. The zero-order chi connectivity index (χ0) is 18.5. The lowest BCUT2D eigenvalue weighted by molar-refractivity contribution is -0.127. The fourth-order valence-corrected chi connectivity index (χ4v) is 3.34. The number of aryl methyl sites for hydroxylation is 2. The van der Waals surface area contributed by atoms with Crippen molar-refractivity contribution in [2.45, 2.75) is 25.5 Å². The molecule has 1 aromatic carbocycles. The fraction of sp³-hybridized carbons (Fsp3) is 0.250. The van der Waals surface area contributed by atoms with Gasteiger partial charge in [-0.05, 0) is 32.0 Å². The van der Waals surface area contributed by atoms with Gasteiger partial charge in [0.1, 0.15) is 11.5 Å². The van der Waals surface area contributed by atoms with Gasteiger partial charge in [0.25, 0.3) is 0 Å². The highest BCUT2D eigenvalue weighted by Gasteiger charge is 2.13. The zero-order valence-electron chi connectivity index (χ0n) is 15.1. The molecule has 0 spiro atoms. The number of carbonyl (C=O) groups is 1. The number of aromatic nitrogens is 2. The van der Waals surface area contributed by atoms with Crippen molar-refractivity contribution < 1.29 is 9.21 Å². The lowest BCUT2D eigenvalue weighted by atomic mass is 10.1. The number of hydrogen-bond donors (Lipinski definition) is 0. The number of rotatable bonds is 6. The van der Waals surface area contributed by atoms with E-state index in [9.17, 15) is 4.79 Å². The molecule has 1 amide bonds. The van der Waals surface area contributed by atoms with E-state index < -0.39 is 0 Å². The molecule has 0 aliphatic carbocycles. The minimum absolute atomic E-state index is 0.00965. The van der Waals surface area contributed by atoms with Gasteiger partial charge in [-0.3, -0.25) is 4.79 Å². The summed E-state index contributed by atoms with van der Waals surface area (Å²) in [5, 5.41) is 0.611. The van der Waals surface area contributed by atoms with Gasteiger partial charge in [0.15, 0.2) is 5.16 Å². The van der Waals surface area contributed by atoms with Gasteiger partial charge in [-0.2, -0.15) is 0 Å². The maximum atomic E-state index is 12.4. The minimum Gasteiger partial charge on any atom is -0.464 e. The highest BCUT2D eigenvalue weighted by Crippen LogP contribution is 2.22. The number of thioether (sulfide) groups is 1. The lowest BCUT2D eigenvalue weighted by Gasteiger charge is -2.15. The normalized spacial score (nSPS) is 10.7. The highest BCUT2D eigenvalue weighted by molar-refractivity contribution is 7.99. The van der Waals surface area contributed by atoms with Crippen LogP contribution < -0.4 is 0 Å². The second-order valence-electron chi connectivity index (χ2n) is 6.09. The van der Waals surface area contributed by atoms with E-state index in [4.69, 9.17) is 4.42 Å². The largest absolute Gasteiger partial charge is 0.464 e. The Balaban J connectivity index is 1.63. The molecule has 134 valence electrons. The van der Waals surface area contributed by atoms with E-state index >= 15 is 0 Å². The predicted octanol–water partition coefficient (Wildman–Crippen LogP) is 4.10. The molecular formula is C20H21N3O2S. The molecule has 0 bridgehead atoms. The molecule has 0 aliphatic heterocycles. The van der Waals surface area contributed by atoms with Crippen molar-refractivity contribution >= 4 is 17.7 Å². The summed E-state index contributed by atoms with van der Waals surface area (Å²) in [7, 11) is 1.77. The van der Waals surface area contributed by atoms with Crippen LogP contribution in [0.3, 0.4) is 0 Å². The van der Waals surface area contributed by atoms with E-state index in [1.54, 1.807) is 11.9 Å². The van der Waals surface area contributed by atoms with Crippen molar-refractivity contribution in [1.82, 2.24) is 14.9 Å². The monoisotopic (exact) mass is 367 g/mol. The molecule has 0 N–H and O–H groups in total. The highest BCUT2D eigenvalue weighted by atomic mass is 32.2. The Kier molecular flexibility index (Phi) is 5.73. The number of hydrogen-bond acceptors (Lipinski definition) is 5. The molecule has 0 saturated carbocycles. The van der Waals surface area contributed by atoms with Crippen LogP contribution in [0.25, 0.3) is 11.3 Å². The first-order valence-electron chi connectivity index (χ1n) is 8.34. The van der Waals surface area contributed by atoms with Gasteiger partial charge in [0, 0.05) is 18.3 Å². The maximum absolute atomic E-state index is 12.4. The summed E-state index contributed by atoms with van der Waals surface area (Å²) in [4.78, 5) is 23.1. The smallest absolute Gasteiger partial charge is 0.233 e. The van der Waals surface area contributed by atoms with E-state index in [0.29, 0.717) is 11.7 Å². The maximum Gasteiger partial charge on any atom is 0.233 e. The molecule has 2 aromatic heterocycles. The second-order valence-corrected chi connectivity index (χ2v) is 7.04. The van der Waals surface area contributed by atoms with Gasteiger partial charge in [0.2, 0.25) is 5.91 Å². The zero-order valence-corrected chi connectivity index (χ0v) is 15.9. The number of benzene rings is 1. The van der Waals surface area contributed by atoms with Crippen molar-refractivity contribution in [3.05, 3.63) is 65.7 Å². The molecule has 0 atom stereocenters. The van der Waals surface area contributed by atoms with E-state index in [1.165, 1.54) is 11.8 Å². The first-order chi connectivity index (χ1) is 12.5. The third-order valence-corrected chi connectivity index (χ3v) is 4.67. The summed E-state index contributed by atoms with van der Waals surface area (Å²) in [6.45, 7) is 4.28. The third-order valence-electron chi connectivity index (χ3n) is 3.84. The van der Waals surface area contributed by atoms with Crippen molar-refractivity contribution in [3.8, 4) is 11.3 Å². The van der Waals surface area contributed by atoms with Crippen LogP contribution in [0.4, 0.5) is 0 Å². The van der Waals surface area contributed by atoms with Crippen molar-refractivity contribution in [2.24, 2.45) is 0 Å². The van der Waals surface area contributed by atoms with Crippen molar-refractivity contribution in [3.63, 3.8) is 0 Å². The molecule has 2 heterocycles. The van der Waals surface area contributed by atoms with Crippen LogP contribution in [0, 0.1) is 13.8 Å². The van der Waals surface area contributed by atoms with Gasteiger partial charge >= 0.3 is 0 Å². The molecule has 0 radical (unpaired) electrons. The van der Waals surface area contributed by atoms with Crippen LogP contribution in [-0.4, -0.2) is 33.6 Å². The summed E-state index contributed by atoms with van der Waals surface area (Å²) >= 11 is 1.35. The predicted molar refractivity (Wildman–Crippen MR) is 103 cm³/mol. The Morgan fingerprint density at radius 3 is 2.58 bits per heavy atom. The molecule has 0 aliphatic rings. The van der Waals surface area contributed by atoms with Gasteiger partial charge in [0.05, 0.1) is 18.0 Å². The average molecular weight is 367 g/mol. The summed E-state index contributed by atoms with van der Waals surface area (Å²) in [5.74, 6) is 1.92. The van der Waals surface area contributed by atoms with Gasteiger partial charge < -0.3 is 9.32 Å². The van der Waals surface area contributed by atoms with Crippen molar-refractivity contribution in [2.75, 3.05) is 12.8 Å². The molecule has 3 rings (SSSR count). The van der Waals surface area contributed by atoms with Gasteiger partial charge in [-0.25, -0.2) is 9.97 Å². The summed E-state index contributed by atoms with van der Waals surface area (Å²) in [5.41, 5.74) is 2.79. The average Bonchev–Trinajstić information content (AvgIpc) is 3.04. The third kappa shape index (κ3) is 4.73. The Bertz CT molecular complexity index is 893. The first kappa shape index (κ1) is 18.2. The molecule has 26 heavy (non-hydrogen) atoms. The van der Waals surface area contributed by atoms with Gasteiger partial charge in [-0.15, -0.1) is 0 Å². The second kappa shape index (κ2) is 8.19. The van der Waals surface area contributed by atoms with E-state index in [1.807, 2.05) is 62.4 Å². The fourth-order valence-electron chi connectivity index (χ4n) is 2.49. The number of furan rings is 1. The summed E-state index contributed by atoms with van der Waals surface area (Å²) in [6.07, 6.45) is 0. The van der Waals surface area contributed by atoms with Crippen LogP contribution in [-0.2, 0) is 11.3 Å². The van der Waals surface area contributed by atoms with E-state index in [2.05, 4.69) is 9.97 Å². The minimum atomic E-state index is 0.00965. The Morgan fingerprint density at radius 2 is 1.88 bits per heavy atom. The van der Waals surface area contributed by atoms with Crippen LogP contribution in [0.1, 0.15) is 17.2 Å². The molecule has 0 fully saturated rings. The lowest BCUT2D eigenvalue weighted by Crippen LogP contribution is -2.27. The quantitative estimate of drug-likeness (QED) is 0.485. The van der Waals surface area contributed by atoms with Crippen molar-refractivity contribution in [1.29, 1.82) is 0 Å². The summed E-state index contributed by atoms with van der Waals surface area (Å²) in [6, 6.07) is 15.7. The Labute approximate surface area is 157 Å². The molecule has 0 unspecified atom stereocenters. The standard InChI is InChI=1S/C20H21N3O2S/c1-14-11-18(16-7-5-4-6-8-16)22-20(21-14)26-13-19(24)23(3)12-17-10-9-15(2)25-17/h4-11H,12-13H2,1-3H3. The summed E-state index contributed by atoms with van der Waals surface area (Å²) < 4.78 is 5.52. The Morgan fingerprint density at radius 1 is 1.12 bits per heavy atom. The molecule has 5 nitrogen and oxygen atoms in total. The Hall–Kier alpha value is -2.60.